The second kappa shape index (κ2) is 7.97. The van der Waals surface area contributed by atoms with E-state index in [4.69, 9.17) is 19.6 Å². The van der Waals surface area contributed by atoms with Gasteiger partial charge in [0, 0.05) is 19.1 Å². The van der Waals surface area contributed by atoms with Crippen molar-refractivity contribution in [1.29, 1.82) is 0 Å². The largest absolute Gasteiger partial charge is 0.496 e. The summed E-state index contributed by atoms with van der Waals surface area (Å²) in [4.78, 5) is 4.85. The number of rotatable bonds is 6. The standard InChI is InChI=1S/C19H27N3O3/c1-4-15(23)12-22-19(16-11-13(2)5-6-17(16)24-3)20-18(21-22)14-7-9-25-10-8-14/h5-6,11,14-15,23H,4,7-10,12H2,1-3H3. The van der Waals surface area contributed by atoms with E-state index in [-0.39, 0.29) is 0 Å². The quantitative estimate of drug-likeness (QED) is 0.872. The van der Waals surface area contributed by atoms with E-state index in [1.165, 1.54) is 0 Å². The van der Waals surface area contributed by atoms with Crippen molar-refractivity contribution < 1.29 is 14.6 Å². The number of aliphatic hydroxyl groups is 1. The van der Waals surface area contributed by atoms with E-state index in [0.717, 1.165) is 54.6 Å². The first-order chi connectivity index (χ1) is 12.1. The van der Waals surface area contributed by atoms with Gasteiger partial charge >= 0.3 is 0 Å². The Balaban J connectivity index is 2.03. The van der Waals surface area contributed by atoms with E-state index < -0.39 is 6.10 Å². The molecule has 1 aromatic heterocycles. The fourth-order valence-electron chi connectivity index (χ4n) is 3.14. The molecule has 1 N–H and O–H groups in total. The fourth-order valence-corrected chi connectivity index (χ4v) is 3.14. The van der Waals surface area contributed by atoms with Crippen LogP contribution in [-0.2, 0) is 11.3 Å². The third-order valence-corrected chi connectivity index (χ3v) is 4.73. The Morgan fingerprint density at radius 1 is 1.36 bits per heavy atom. The highest BCUT2D eigenvalue weighted by Crippen LogP contribution is 2.32. The van der Waals surface area contributed by atoms with Gasteiger partial charge in [-0.2, -0.15) is 5.10 Å². The molecule has 1 fully saturated rings. The highest BCUT2D eigenvalue weighted by atomic mass is 16.5. The summed E-state index contributed by atoms with van der Waals surface area (Å²) in [7, 11) is 1.66. The van der Waals surface area contributed by atoms with E-state index in [1.54, 1.807) is 7.11 Å². The number of hydrogen-bond acceptors (Lipinski definition) is 5. The first kappa shape index (κ1) is 17.9. The van der Waals surface area contributed by atoms with Crippen LogP contribution in [0, 0.1) is 6.92 Å². The van der Waals surface area contributed by atoms with Crippen molar-refractivity contribution in [3.63, 3.8) is 0 Å². The molecule has 1 aromatic carbocycles. The molecule has 0 amide bonds. The molecule has 1 unspecified atom stereocenters. The van der Waals surface area contributed by atoms with E-state index in [0.29, 0.717) is 18.9 Å². The summed E-state index contributed by atoms with van der Waals surface area (Å²) in [6, 6.07) is 6.03. The normalized spacial score (nSPS) is 16.8. The maximum absolute atomic E-state index is 10.1. The summed E-state index contributed by atoms with van der Waals surface area (Å²) in [5, 5.41) is 14.9. The van der Waals surface area contributed by atoms with E-state index in [2.05, 4.69) is 6.07 Å². The minimum atomic E-state index is -0.446. The summed E-state index contributed by atoms with van der Waals surface area (Å²) in [5.41, 5.74) is 2.05. The lowest BCUT2D eigenvalue weighted by Crippen LogP contribution is -2.18. The van der Waals surface area contributed by atoms with Crippen molar-refractivity contribution in [1.82, 2.24) is 14.8 Å². The Morgan fingerprint density at radius 2 is 2.12 bits per heavy atom. The molecule has 0 bridgehead atoms. The van der Waals surface area contributed by atoms with Gasteiger partial charge in [0.15, 0.2) is 11.6 Å². The van der Waals surface area contributed by atoms with Gasteiger partial charge < -0.3 is 14.6 Å². The number of aliphatic hydroxyl groups excluding tert-OH is 1. The zero-order valence-electron chi connectivity index (χ0n) is 15.2. The molecule has 1 atom stereocenters. The average Bonchev–Trinajstić information content (AvgIpc) is 3.06. The number of aromatic nitrogens is 3. The van der Waals surface area contributed by atoms with Crippen LogP contribution >= 0.6 is 0 Å². The maximum atomic E-state index is 10.1. The van der Waals surface area contributed by atoms with Crippen molar-refractivity contribution in [3.05, 3.63) is 29.6 Å². The van der Waals surface area contributed by atoms with Gasteiger partial charge in [0.05, 0.1) is 25.3 Å². The van der Waals surface area contributed by atoms with Gasteiger partial charge in [0.1, 0.15) is 5.75 Å². The van der Waals surface area contributed by atoms with Crippen molar-refractivity contribution in [2.75, 3.05) is 20.3 Å². The molecule has 3 rings (SSSR count). The predicted octanol–water partition coefficient (Wildman–Crippen LogP) is 2.93. The first-order valence-corrected chi connectivity index (χ1v) is 8.98. The van der Waals surface area contributed by atoms with Crippen LogP contribution in [0.5, 0.6) is 5.75 Å². The molecule has 1 saturated heterocycles. The molecule has 6 heteroatoms. The molecule has 2 aromatic rings. The lowest BCUT2D eigenvalue weighted by Gasteiger charge is -2.18. The highest BCUT2D eigenvalue weighted by molar-refractivity contribution is 5.65. The van der Waals surface area contributed by atoms with Crippen LogP contribution in [0.15, 0.2) is 18.2 Å². The summed E-state index contributed by atoms with van der Waals surface area (Å²) in [6.07, 6.45) is 2.10. The van der Waals surface area contributed by atoms with Crippen LogP contribution in [0.4, 0.5) is 0 Å². The van der Waals surface area contributed by atoms with Gasteiger partial charge in [-0.05, 0) is 38.3 Å². The molecule has 6 nitrogen and oxygen atoms in total. The summed E-state index contributed by atoms with van der Waals surface area (Å²) >= 11 is 0. The Morgan fingerprint density at radius 3 is 2.80 bits per heavy atom. The van der Waals surface area contributed by atoms with Crippen molar-refractivity contribution in [2.45, 2.75) is 51.7 Å². The second-order valence-corrected chi connectivity index (χ2v) is 6.63. The van der Waals surface area contributed by atoms with Crippen LogP contribution < -0.4 is 4.74 Å². The molecule has 0 saturated carbocycles. The lowest BCUT2D eigenvalue weighted by molar-refractivity contribution is 0.0833. The topological polar surface area (TPSA) is 69.4 Å². The lowest BCUT2D eigenvalue weighted by atomic mass is 10.00. The second-order valence-electron chi connectivity index (χ2n) is 6.63. The molecule has 1 aliphatic rings. The molecule has 0 spiro atoms. The third kappa shape index (κ3) is 4.02. The number of benzene rings is 1. The average molecular weight is 345 g/mol. The monoisotopic (exact) mass is 345 g/mol. The molecule has 25 heavy (non-hydrogen) atoms. The Bertz CT molecular complexity index is 708. The van der Waals surface area contributed by atoms with Crippen molar-refractivity contribution >= 4 is 0 Å². The van der Waals surface area contributed by atoms with Gasteiger partial charge in [-0.3, -0.25) is 0 Å². The summed E-state index contributed by atoms with van der Waals surface area (Å²) < 4.78 is 12.8. The zero-order valence-corrected chi connectivity index (χ0v) is 15.2. The molecular weight excluding hydrogens is 318 g/mol. The van der Waals surface area contributed by atoms with Gasteiger partial charge in [-0.1, -0.05) is 18.6 Å². The van der Waals surface area contributed by atoms with Gasteiger partial charge in [-0.15, -0.1) is 0 Å². The van der Waals surface area contributed by atoms with E-state index in [1.807, 2.05) is 30.7 Å². The number of methoxy groups -OCH3 is 1. The number of nitrogens with zero attached hydrogens (tertiary/aromatic N) is 3. The number of hydrogen-bond donors (Lipinski definition) is 1. The van der Waals surface area contributed by atoms with Crippen LogP contribution in [0.3, 0.4) is 0 Å². The van der Waals surface area contributed by atoms with Gasteiger partial charge in [0.25, 0.3) is 0 Å². The van der Waals surface area contributed by atoms with Gasteiger partial charge in [-0.25, -0.2) is 9.67 Å². The molecule has 2 heterocycles. The summed E-state index contributed by atoms with van der Waals surface area (Å²) in [6.45, 7) is 5.94. The van der Waals surface area contributed by atoms with Crippen LogP contribution in [0.2, 0.25) is 0 Å². The molecule has 136 valence electrons. The predicted molar refractivity (Wildman–Crippen MR) is 95.8 cm³/mol. The maximum Gasteiger partial charge on any atom is 0.162 e. The highest BCUT2D eigenvalue weighted by Gasteiger charge is 2.24. The van der Waals surface area contributed by atoms with Crippen molar-refractivity contribution in [3.8, 4) is 17.1 Å². The molecule has 1 aliphatic heterocycles. The minimum Gasteiger partial charge on any atom is -0.496 e. The number of ether oxygens (including phenoxy) is 2. The molecule has 0 radical (unpaired) electrons. The fraction of sp³-hybridized carbons (Fsp3) is 0.579. The van der Waals surface area contributed by atoms with Crippen LogP contribution in [0.1, 0.15) is 43.5 Å². The van der Waals surface area contributed by atoms with Crippen LogP contribution in [-0.4, -0.2) is 46.3 Å². The Labute approximate surface area is 148 Å². The van der Waals surface area contributed by atoms with Gasteiger partial charge in [0.2, 0.25) is 0 Å². The number of aryl methyl sites for hydroxylation is 1. The first-order valence-electron chi connectivity index (χ1n) is 8.98. The molecule has 0 aliphatic carbocycles. The SMILES string of the molecule is CCC(O)Cn1nc(C2CCOCC2)nc1-c1cc(C)ccc1OC. The zero-order chi connectivity index (χ0) is 17.8. The van der Waals surface area contributed by atoms with Crippen molar-refractivity contribution in [2.24, 2.45) is 0 Å². The Hall–Kier alpha value is -1.92. The summed E-state index contributed by atoms with van der Waals surface area (Å²) in [5.74, 6) is 2.67. The smallest absolute Gasteiger partial charge is 0.162 e. The minimum absolute atomic E-state index is 0.309. The van der Waals surface area contributed by atoms with Crippen LogP contribution in [0.25, 0.3) is 11.4 Å². The Kier molecular flexibility index (Phi) is 5.71. The third-order valence-electron chi connectivity index (χ3n) is 4.73. The molecular formula is C19H27N3O3. The van der Waals surface area contributed by atoms with E-state index >= 15 is 0 Å². The van der Waals surface area contributed by atoms with E-state index in [9.17, 15) is 5.11 Å².